The molecule has 0 spiro atoms. The molecule has 1 aromatic heterocycles. The Morgan fingerprint density at radius 1 is 1.19 bits per heavy atom. The van der Waals surface area contributed by atoms with Gasteiger partial charge in [-0.1, -0.05) is 13.8 Å². The Bertz CT molecular complexity index is 329. The molecule has 0 radical (unpaired) electrons. The van der Waals surface area contributed by atoms with Crippen LogP contribution < -0.4 is 0 Å². The van der Waals surface area contributed by atoms with Crippen molar-refractivity contribution in [2.75, 3.05) is 13.1 Å². The minimum Gasteiger partial charge on any atom is -0.336 e. The van der Waals surface area contributed by atoms with Gasteiger partial charge in [0, 0.05) is 25.5 Å². The molecule has 0 N–H and O–H groups in total. The molecular formula is C12H19N3O. The van der Waals surface area contributed by atoms with Crippen LogP contribution in [-0.2, 0) is 0 Å². The van der Waals surface area contributed by atoms with Crippen LogP contribution in [0.25, 0.3) is 0 Å². The van der Waals surface area contributed by atoms with E-state index in [9.17, 15) is 4.79 Å². The molecule has 1 aromatic rings. The quantitative estimate of drug-likeness (QED) is 0.764. The standard InChI is InChI=1S/C12H19N3O/c1-4-6-15(7-5-2)12(16)11-13-8-10(3)9-14-11/h8-9H,4-7H2,1-3H3. The van der Waals surface area contributed by atoms with E-state index in [1.165, 1.54) is 0 Å². The summed E-state index contributed by atoms with van der Waals surface area (Å²) < 4.78 is 0. The summed E-state index contributed by atoms with van der Waals surface area (Å²) in [5.41, 5.74) is 0.967. The first-order chi connectivity index (χ1) is 7.69. The van der Waals surface area contributed by atoms with Gasteiger partial charge in [0.05, 0.1) is 0 Å². The van der Waals surface area contributed by atoms with E-state index < -0.39 is 0 Å². The highest BCUT2D eigenvalue weighted by Crippen LogP contribution is 2.02. The lowest BCUT2D eigenvalue weighted by Crippen LogP contribution is -2.33. The van der Waals surface area contributed by atoms with Crippen molar-refractivity contribution in [1.82, 2.24) is 14.9 Å². The fraction of sp³-hybridized carbons (Fsp3) is 0.583. The van der Waals surface area contributed by atoms with E-state index in [1.807, 2.05) is 11.8 Å². The molecule has 0 unspecified atom stereocenters. The Morgan fingerprint density at radius 3 is 2.12 bits per heavy atom. The molecule has 0 aliphatic rings. The molecule has 0 atom stereocenters. The van der Waals surface area contributed by atoms with Crippen molar-refractivity contribution in [2.45, 2.75) is 33.6 Å². The molecule has 0 fully saturated rings. The molecule has 0 aliphatic carbocycles. The molecule has 1 heterocycles. The number of amides is 1. The summed E-state index contributed by atoms with van der Waals surface area (Å²) in [6.45, 7) is 7.57. The van der Waals surface area contributed by atoms with Gasteiger partial charge >= 0.3 is 0 Å². The molecule has 0 aromatic carbocycles. The Balaban J connectivity index is 2.77. The minimum absolute atomic E-state index is 0.0660. The molecule has 4 nitrogen and oxygen atoms in total. The van der Waals surface area contributed by atoms with Crippen molar-refractivity contribution in [1.29, 1.82) is 0 Å². The number of rotatable bonds is 5. The first-order valence-electron chi connectivity index (χ1n) is 5.77. The predicted molar refractivity (Wildman–Crippen MR) is 63.3 cm³/mol. The molecule has 0 saturated heterocycles. The number of aromatic nitrogens is 2. The lowest BCUT2D eigenvalue weighted by molar-refractivity contribution is 0.0743. The SMILES string of the molecule is CCCN(CCC)C(=O)c1ncc(C)cn1. The number of aryl methyl sites for hydroxylation is 1. The zero-order valence-electron chi connectivity index (χ0n) is 10.2. The van der Waals surface area contributed by atoms with E-state index >= 15 is 0 Å². The number of hydrogen-bond acceptors (Lipinski definition) is 3. The molecule has 0 aliphatic heterocycles. The maximum Gasteiger partial charge on any atom is 0.291 e. The Labute approximate surface area is 96.7 Å². The summed E-state index contributed by atoms with van der Waals surface area (Å²) >= 11 is 0. The Morgan fingerprint density at radius 2 is 1.69 bits per heavy atom. The van der Waals surface area contributed by atoms with Crippen LogP contribution in [0.3, 0.4) is 0 Å². The number of carbonyl (C=O) groups excluding carboxylic acids is 1. The van der Waals surface area contributed by atoms with Crippen LogP contribution in [0.15, 0.2) is 12.4 Å². The van der Waals surface area contributed by atoms with E-state index in [1.54, 1.807) is 12.4 Å². The Hall–Kier alpha value is -1.45. The highest BCUT2D eigenvalue weighted by molar-refractivity contribution is 5.90. The molecule has 0 bridgehead atoms. The van der Waals surface area contributed by atoms with Crippen molar-refractivity contribution >= 4 is 5.91 Å². The topological polar surface area (TPSA) is 46.1 Å². The maximum atomic E-state index is 12.0. The zero-order chi connectivity index (χ0) is 12.0. The fourth-order valence-corrected chi connectivity index (χ4v) is 1.50. The predicted octanol–water partition coefficient (Wildman–Crippen LogP) is 2.05. The molecule has 16 heavy (non-hydrogen) atoms. The van der Waals surface area contributed by atoms with Crippen LogP contribution in [0, 0.1) is 6.92 Å². The van der Waals surface area contributed by atoms with Gasteiger partial charge in [0.25, 0.3) is 5.91 Å². The van der Waals surface area contributed by atoms with Gasteiger partial charge in [0.2, 0.25) is 5.82 Å². The van der Waals surface area contributed by atoms with E-state index in [0.29, 0.717) is 5.82 Å². The summed E-state index contributed by atoms with van der Waals surface area (Å²) in [5, 5.41) is 0. The van der Waals surface area contributed by atoms with Gasteiger partial charge < -0.3 is 4.90 Å². The molecule has 1 rings (SSSR count). The normalized spacial score (nSPS) is 10.2. The molecule has 88 valence electrons. The largest absolute Gasteiger partial charge is 0.336 e. The lowest BCUT2D eigenvalue weighted by Gasteiger charge is -2.20. The van der Waals surface area contributed by atoms with Gasteiger partial charge in [0.1, 0.15) is 0 Å². The van der Waals surface area contributed by atoms with Crippen LogP contribution in [0.4, 0.5) is 0 Å². The number of carbonyl (C=O) groups is 1. The van der Waals surface area contributed by atoms with Gasteiger partial charge in [-0.2, -0.15) is 0 Å². The second kappa shape index (κ2) is 6.20. The summed E-state index contributed by atoms with van der Waals surface area (Å²) in [5.74, 6) is 0.233. The van der Waals surface area contributed by atoms with Gasteiger partial charge in [-0.25, -0.2) is 9.97 Å². The zero-order valence-corrected chi connectivity index (χ0v) is 10.2. The molecule has 1 amide bonds. The van der Waals surface area contributed by atoms with Gasteiger partial charge in [-0.15, -0.1) is 0 Å². The van der Waals surface area contributed by atoms with Crippen LogP contribution in [0.2, 0.25) is 0 Å². The fourth-order valence-electron chi connectivity index (χ4n) is 1.50. The number of hydrogen-bond donors (Lipinski definition) is 0. The van der Waals surface area contributed by atoms with Crippen molar-refractivity contribution in [3.8, 4) is 0 Å². The number of nitrogens with zero attached hydrogens (tertiary/aromatic N) is 3. The first kappa shape index (κ1) is 12.6. The van der Waals surface area contributed by atoms with Crippen molar-refractivity contribution in [3.05, 3.63) is 23.8 Å². The van der Waals surface area contributed by atoms with E-state index in [2.05, 4.69) is 23.8 Å². The average molecular weight is 221 g/mol. The van der Waals surface area contributed by atoms with Crippen LogP contribution in [-0.4, -0.2) is 33.9 Å². The summed E-state index contributed by atoms with van der Waals surface area (Å²) in [4.78, 5) is 22.0. The molecule has 0 saturated carbocycles. The average Bonchev–Trinajstić information content (AvgIpc) is 2.29. The maximum absolute atomic E-state index is 12.0. The monoisotopic (exact) mass is 221 g/mol. The third kappa shape index (κ3) is 3.29. The van der Waals surface area contributed by atoms with Crippen LogP contribution in [0.1, 0.15) is 42.9 Å². The summed E-state index contributed by atoms with van der Waals surface area (Å²) in [6.07, 6.45) is 5.27. The van der Waals surface area contributed by atoms with E-state index in [-0.39, 0.29) is 5.91 Å². The smallest absolute Gasteiger partial charge is 0.291 e. The summed E-state index contributed by atoms with van der Waals surface area (Å²) in [6, 6.07) is 0. The molecular weight excluding hydrogens is 202 g/mol. The molecule has 4 heteroatoms. The third-order valence-corrected chi connectivity index (χ3v) is 2.25. The van der Waals surface area contributed by atoms with Crippen molar-refractivity contribution < 1.29 is 4.79 Å². The lowest BCUT2D eigenvalue weighted by atomic mass is 10.3. The Kier molecular flexibility index (Phi) is 4.89. The van der Waals surface area contributed by atoms with Gasteiger partial charge in [-0.3, -0.25) is 4.79 Å². The van der Waals surface area contributed by atoms with E-state index in [0.717, 1.165) is 31.5 Å². The van der Waals surface area contributed by atoms with Crippen molar-refractivity contribution in [2.24, 2.45) is 0 Å². The highest BCUT2D eigenvalue weighted by Gasteiger charge is 2.16. The second-order valence-corrected chi connectivity index (χ2v) is 3.88. The van der Waals surface area contributed by atoms with E-state index in [4.69, 9.17) is 0 Å². The summed E-state index contributed by atoms with van der Waals surface area (Å²) in [7, 11) is 0. The highest BCUT2D eigenvalue weighted by atomic mass is 16.2. The van der Waals surface area contributed by atoms with Crippen LogP contribution in [0.5, 0.6) is 0 Å². The van der Waals surface area contributed by atoms with Crippen LogP contribution >= 0.6 is 0 Å². The third-order valence-electron chi connectivity index (χ3n) is 2.25. The van der Waals surface area contributed by atoms with Crippen molar-refractivity contribution in [3.63, 3.8) is 0 Å². The first-order valence-corrected chi connectivity index (χ1v) is 5.77. The van der Waals surface area contributed by atoms with Gasteiger partial charge in [-0.05, 0) is 25.3 Å². The second-order valence-electron chi connectivity index (χ2n) is 3.88. The van der Waals surface area contributed by atoms with Gasteiger partial charge in [0.15, 0.2) is 0 Å². The minimum atomic E-state index is -0.0660.